The van der Waals surface area contributed by atoms with Crippen LogP contribution in [0.2, 0.25) is 0 Å². The summed E-state index contributed by atoms with van der Waals surface area (Å²) >= 11 is 0. The van der Waals surface area contributed by atoms with Gasteiger partial charge in [0.15, 0.2) is 0 Å². The molecule has 1 saturated carbocycles. The third kappa shape index (κ3) is 6.97. The number of ketones is 1. The lowest BCUT2D eigenvalue weighted by Gasteiger charge is -2.24. The number of pyridine rings is 1. The number of rotatable bonds is 12. The number of aromatic nitrogens is 1. The monoisotopic (exact) mass is 437 g/mol. The smallest absolute Gasteiger partial charge is 0.223 e. The van der Waals surface area contributed by atoms with Crippen LogP contribution in [0.4, 0.5) is 0 Å². The van der Waals surface area contributed by atoms with Crippen LogP contribution in [0.25, 0.3) is 11.3 Å². The number of nitrogens with one attached hydrogen (secondary N) is 1. The van der Waals surface area contributed by atoms with Crippen LogP contribution in [0.5, 0.6) is 0 Å². The molecular weight excluding hydrogens is 402 g/mol. The predicted octanol–water partition coefficient (Wildman–Crippen LogP) is 3.98. The van der Waals surface area contributed by atoms with Crippen LogP contribution in [0, 0.1) is 5.92 Å². The molecule has 1 N–H and O–H groups in total. The largest absolute Gasteiger partial charge is 0.383 e. The molecule has 6 heteroatoms. The molecule has 1 aromatic carbocycles. The molecule has 1 amide bonds. The summed E-state index contributed by atoms with van der Waals surface area (Å²) in [5.74, 6) is 0.149. The standard InChI is InChI=1S/C26H35N3O3/c1-3-13-27-17-21-9-12-24(28-18-21)22-10-7-20(8-11-22)19-29(14-15-32-2)26(31)16-23-5-4-6-25(23)30/h7-12,18,23,27H,3-6,13-17,19H2,1-2H3. The minimum Gasteiger partial charge on any atom is -0.383 e. The maximum absolute atomic E-state index is 12.9. The van der Waals surface area contributed by atoms with E-state index in [-0.39, 0.29) is 17.6 Å². The normalized spacial score (nSPS) is 15.8. The zero-order valence-electron chi connectivity index (χ0n) is 19.3. The molecule has 3 rings (SSSR count). The van der Waals surface area contributed by atoms with E-state index >= 15 is 0 Å². The fraction of sp³-hybridized carbons (Fsp3) is 0.500. The molecule has 1 aliphatic carbocycles. The molecule has 1 unspecified atom stereocenters. The van der Waals surface area contributed by atoms with E-state index in [4.69, 9.17) is 4.74 Å². The molecule has 1 fully saturated rings. The van der Waals surface area contributed by atoms with Gasteiger partial charge >= 0.3 is 0 Å². The van der Waals surface area contributed by atoms with Crippen LogP contribution in [-0.2, 0) is 27.4 Å². The van der Waals surface area contributed by atoms with Crippen LogP contribution in [-0.4, -0.2) is 48.4 Å². The number of methoxy groups -OCH3 is 1. The molecule has 1 aliphatic rings. The lowest BCUT2D eigenvalue weighted by molar-refractivity contribution is -0.135. The van der Waals surface area contributed by atoms with Gasteiger partial charge in [0.1, 0.15) is 5.78 Å². The predicted molar refractivity (Wildman–Crippen MR) is 126 cm³/mol. The van der Waals surface area contributed by atoms with Gasteiger partial charge in [0.05, 0.1) is 12.3 Å². The third-order valence-electron chi connectivity index (χ3n) is 5.97. The van der Waals surface area contributed by atoms with Crippen molar-refractivity contribution < 1.29 is 14.3 Å². The number of hydrogen-bond acceptors (Lipinski definition) is 5. The molecule has 2 aromatic rings. The number of ether oxygens (including phenoxy) is 1. The van der Waals surface area contributed by atoms with Crippen molar-refractivity contribution in [1.29, 1.82) is 0 Å². The first kappa shape index (κ1) is 24.1. The summed E-state index contributed by atoms with van der Waals surface area (Å²) in [6.45, 7) is 5.50. The molecule has 1 atom stereocenters. The molecule has 0 radical (unpaired) electrons. The summed E-state index contributed by atoms with van der Waals surface area (Å²) in [4.78, 5) is 31.2. The lowest BCUT2D eigenvalue weighted by atomic mass is 10.0. The second kappa shape index (κ2) is 12.5. The van der Waals surface area contributed by atoms with Gasteiger partial charge in [0, 0.05) is 57.3 Å². The van der Waals surface area contributed by atoms with Crippen molar-refractivity contribution in [3.63, 3.8) is 0 Å². The molecule has 6 nitrogen and oxygen atoms in total. The van der Waals surface area contributed by atoms with E-state index in [9.17, 15) is 9.59 Å². The van der Waals surface area contributed by atoms with Gasteiger partial charge in [-0.25, -0.2) is 0 Å². The Morgan fingerprint density at radius 3 is 2.59 bits per heavy atom. The second-order valence-corrected chi connectivity index (χ2v) is 8.49. The Hall–Kier alpha value is -2.57. The maximum Gasteiger partial charge on any atom is 0.223 e. The topological polar surface area (TPSA) is 71.5 Å². The Kier molecular flexibility index (Phi) is 9.38. The number of benzene rings is 1. The van der Waals surface area contributed by atoms with Crippen molar-refractivity contribution in [2.24, 2.45) is 5.92 Å². The Morgan fingerprint density at radius 1 is 1.19 bits per heavy atom. The van der Waals surface area contributed by atoms with Crippen LogP contribution in [0.1, 0.15) is 50.2 Å². The van der Waals surface area contributed by atoms with Crippen molar-refractivity contribution in [1.82, 2.24) is 15.2 Å². The number of hydrogen-bond donors (Lipinski definition) is 1. The summed E-state index contributed by atoms with van der Waals surface area (Å²) in [5.41, 5.74) is 4.21. The zero-order valence-corrected chi connectivity index (χ0v) is 19.3. The van der Waals surface area contributed by atoms with Crippen LogP contribution in [0.15, 0.2) is 42.6 Å². The second-order valence-electron chi connectivity index (χ2n) is 8.49. The zero-order chi connectivity index (χ0) is 22.8. The summed E-state index contributed by atoms with van der Waals surface area (Å²) < 4.78 is 5.20. The summed E-state index contributed by atoms with van der Waals surface area (Å²) in [5, 5.41) is 3.38. The lowest BCUT2D eigenvalue weighted by Crippen LogP contribution is -2.35. The SMILES string of the molecule is CCCNCc1ccc(-c2ccc(CN(CCOC)C(=O)CC3CCCC3=O)cc2)nc1. The van der Waals surface area contributed by atoms with Gasteiger partial charge in [-0.15, -0.1) is 0 Å². The quantitative estimate of drug-likeness (QED) is 0.509. The van der Waals surface area contributed by atoms with E-state index in [1.807, 2.05) is 36.5 Å². The highest BCUT2D eigenvalue weighted by Gasteiger charge is 2.28. The number of Topliss-reactive ketones (excluding diaryl/α,β-unsaturated/α-hetero) is 1. The van der Waals surface area contributed by atoms with Gasteiger partial charge in [-0.3, -0.25) is 14.6 Å². The molecule has 0 aliphatic heterocycles. The summed E-state index contributed by atoms with van der Waals surface area (Å²) in [6, 6.07) is 12.3. The first-order chi connectivity index (χ1) is 15.6. The van der Waals surface area contributed by atoms with Crippen molar-refractivity contribution in [3.05, 3.63) is 53.7 Å². The molecule has 1 heterocycles. The van der Waals surface area contributed by atoms with Crippen molar-refractivity contribution >= 4 is 11.7 Å². The van der Waals surface area contributed by atoms with Gasteiger partial charge in [0.2, 0.25) is 5.91 Å². The molecule has 172 valence electrons. The average molecular weight is 438 g/mol. The first-order valence-corrected chi connectivity index (χ1v) is 11.6. The minimum atomic E-state index is -0.110. The fourth-order valence-corrected chi connectivity index (χ4v) is 4.05. The van der Waals surface area contributed by atoms with Gasteiger partial charge < -0.3 is 15.0 Å². The Bertz CT molecular complexity index is 865. The van der Waals surface area contributed by atoms with Gasteiger partial charge in [0.25, 0.3) is 0 Å². The van der Waals surface area contributed by atoms with E-state index in [0.717, 1.165) is 49.2 Å². The van der Waals surface area contributed by atoms with Gasteiger partial charge in [-0.05, 0) is 43.0 Å². The molecule has 0 bridgehead atoms. The average Bonchev–Trinajstić information content (AvgIpc) is 3.22. The van der Waals surface area contributed by atoms with Crippen LogP contribution < -0.4 is 5.32 Å². The highest BCUT2D eigenvalue weighted by Crippen LogP contribution is 2.25. The Labute approximate surface area is 191 Å². The fourth-order valence-electron chi connectivity index (χ4n) is 4.05. The van der Waals surface area contributed by atoms with E-state index in [1.165, 1.54) is 5.56 Å². The number of nitrogens with zero attached hydrogens (tertiary/aromatic N) is 2. The van der Waals surface area contributed by atoms with Crippen LogP contribution >= 0.6 is 0 Å². The van der Waals surface area contributed by atoms with E-state index in [2.05, 4.69) is 23.3 Å². The van der Waals surface area contributed by atoms with E-state index in [1.54, 1.807) is 12.0 Å². The molecule has 0 saturated heterocycles. The molecular formula is C26H35N3O3. The number of carbonyl (C=O) groups excluding carboxylic acids is 2. The van der Waals surface area contributed by atoms with Gasteiger partial charge in [-0.1, -0.05) is 37.3 Å². The van der Waals surface area contributed by atoms with Gasteiger partial charge in [-0.2, -0.15) is 0 Å². The highest BCUT2D eigenvalue weighted by molar-refractivity contribution is 5.88. The highest BCUT2D eigenvalue weighted by atomic mass is 16.5. The van der Waals surface area contributed by atoms with Crippen molar-refractivity contribution in [2.75, 3.05) is 26.8 Å². The van der Waals surface area contributed by atoms with Crippen LogP contribution in [0.3, 0.4) is 0 Å². The van der Waals surface area contributed by atoms with Crippen molar-refractivity contribution in [3.8, 4) is 11.3 Å². The maximum atomic E-state index is 12.9. The minimum absolute atomic E-state index is 0.0281. The number of amides is 1. The first-order valence-electron chi connectivity index (χ1n) is 11.6. The van der Waals surface area contributed by atoms with E-state index < -0.39 is 0 Å². The molecule has 1 aromatic heterocycles. The van der Waals surface area contributed by atoms with Crippen molar-refractivity contribution in [2.45, 2.75) is 52.1 Å². The summed E-state index contributed by atoms with van der Waals surface area (Å²) in [7, 11) is 1.64. The third-order valence-corrected chi connectivity index (χ3v) is 5.97. The Balaban J connectivity index is 1.61. The molecule has 0 spiro atoms. The Morgan fingerprint density at radius 2 is 1.97 bits per heavy atom. The number of carbonyl (C=O) groups is 2. The molecule has 32 heavy (non-hydrogen) atoms. The van der Waals surface area contributed by atoms with E-state index in [0.29, 0.717) is 32.5 Å². The summed E-state index contributed by atoms with van der Waals surface area (Å²) in [6.07, 6.45) is 5.69.